The molecule has 2 aromatic carbocycles. The van der Waals surface area contributed by atoms with Gasteiger partial charge >= 0.3 is 0 Å². The summed E-state index contributed by atoms with van der Waals surface area (Å²) < 4.78 is 11.2. The van der Waals surface area contributed by atoms with Crippen LogP contribution in [0.3, 0.4) is 0 Å². The van der Waals surface area contributed by atoms with Gasteiger partial charge in [-0.2, -0.15) is 0 Å². The Bertz CT molecular complexity index is 751. The molecule has 130 valence electrons. The first-order valence-corrected chi connectivity index (χ1v) is 8.09. The van der Waals surface area contributed by atoms with Gasteiger partial charge in [0.2, 0.25) is 0 Å². The number of nitrogens with one attached hydrogen (secondary N) is 1. The minimum Gasteiger partial charge on any atom is -0.545 e. The molecule has 3 rings (SSSR count). The molecule has 0 radical (unpaired) electrons. The Labute approximate surface area is 145 Å². The Morgan fingerprint density at radius 2 is 1.84 bits per heavy atom. The maximum absolute atomic E-state index is 12.3. The van der Waals surface area contributed by atoms with Crippen LogP contribution in [0.5, 0.6) is 5.75 Å². The molecule has 2 aromatic rings. The minimum absolute atomic E-state index is 0.0567. The Hall–Kier alpha value is -2.86. The third-order valence-electron chi connectivity index (χ3n) is 3.96. The largest absolute Gasteiger partial charge is 0.545 e. The van der Waals surface area contributed by atoms with Crippen molar-refractivity contribution in [1.29, 1.82) is 0 Å². The standard InChI is InChI=1S/C19H19NO5/c21-18(16-5-1-2-6-17(16)19(22)23)20-13-7-9-14(10-8-13)25-12-15-4-3-11-24-15/h1-2,5-10,15H,3-4,11-12H2,(H,20,21)(H,22,23)/p-1/t15-/m0/s1. The van der Waals surface area contributed by atoms with Gasteiger partial charge in [0.25, 0.3) is 5.91 Å². The normalized spacial score (nSPS) is 16.4. The van der Waals surface area contributed by atoms with E-state index in [1.165, 1.54) is 12.1 Å². The second kappa shape index (κ2) is 7.81. The Morgan fingerprint density at radius 3 is 2.48 bits per heavy atom. The summed E-state index contributed by atoms with van der Waals surface area (Å²) in [5.74, 6) is -1.21. The first kappa shape index (κ1) is 17.0. The van der Waals surface area contributed by atoms with E-state index in [-0.39, 0.29) is 17.2 Å². The van der Waals surface area contributed by atoms with Crippen molar-refractivity contribution >= 4 is 17.6 Å². The molecule has 1 heterocycles. The summed E-state index contributed by atoms with van der Waals surface area (Å²) in [6.45, 7) is 1.29. The summed E-state index contributed by atoms with van der Waals surface area (Å²) in [5.41, 5.74) is 0.459. The molecule has 1 fully saturated rings. The van der Waals surface area contributed by atoms with Crippen LogP contribution >= 0.6 is 0 Å². The van der Waals surface area contributed by atoms with Gasteiger partial charge in [-0.15, -0.1) is 0 Å². The van der Waals surface area contributed by atoms with Crippen molar-refractivity contribution in [1.82, 2.24) is 0 Å². The van der Waals surface area contributed by atoms with Crippen molar-refractivity contribution in [3.05, 3.63) is 59.7 Å². The van der Waals surface area contributed by atoms with Crippen LogP contribution in [0.1, 0.15) is 33.6 Å². The van der Waals surface area contributed by atoms with E-state index in [2.05, 4.69) is 5.32 Å². The fraction of sp³-hybridized carbons (Fsp3) is 0.263. The number of benzene rings is 2. The highest BCUT2D eigenvalue weighted by Crippen LogP contribution is 2.19. The molecule has 1 atom stereocenters. The van der Waals surface area contributed by atoms with Crippen molar-refractivity contribution in [3.8, 4) is 5.75 Å². The lowest BCUT2D eigenvalue weighted by Crippen LogP contribution is -2.26. The van der Waals surface area contributed by atoms with Gasteiger partial charge < -0.3 is 24.7 Å². The van der Waals surface area contributed by atoms with Gasteiger partial charge in [0.15, 0.2) is 0 Å². The smallest absolute Gasteiger partial charge is 0.256 e. The Morgan fingerprint density at radius 1 is 1.12 bits per heavy atom. The van der Waals surface area contributed by atoms with Crippen LogP contribution in [-0.2, 0) is 4.74 Å². The predicted octanol–water partition coefficient (Wildman–Crippen LogP) is 1.86. The zero-order valence-corrected chi connectivity index (χ0v) is 13.6. The molecule has 0 spiro atoms. The first-order chi connectivity index (χ1) is 12.1. The molecule has 0 bridgehead atoms. The summed E-state index contributed by atoms with van der Waals surface area (Å²) in [5, 5.41) is 13.8. The van der Waals surface area contributed by atoms with E-state index in [1.54, 1.807) is 36.4 Å². The van der Waals surface area contributed by atoms with E-state index in [0.29, 0.717) is 18.0 Å². The monoisotopic (exact) mass is 340 g/mol. The molecule has 1 saturated heterocycles. The summed E-state index contributed by atoms with van der Waals surface area (Å²) in [4.78, 5) is 23.4. The topological polar surface area (TPSA) is 87.7 Å². The zero-order chi connectivity index (χ0) is 17.6. The maximum atomic E-state index is 12.3. The third-order valence-corrected chi connectivity index (χ3v) is 3.96. The molecule has 6 heteroatoms. The van der Waals surface area contributed by atoms with E-state index in [0.717, 1.165) is 19.4 Å². The molecule has 0 unspecified atom stereocenters. The number of anilines is 1. The van der Waals surface area contributed by atoms with Gasteiger partial charge in [-0.3, -0.25) is 4.79 Å². The number of carbonyl (C=O) groups is 2. The highest BCUT2D eigenvalue weighted by atomic mass is 16.5. The van der Waals surface area contributed by atoms with Gasteiger partial charge in [-0.1, -0.05) is 18.2 Å². The average Bonchev–Trinajstić information content (AvgIpc) is 3.14. The number of amides is 1. The molecule has 0 aliphatic carbocycles. The van der Waals surface area contributed by atoms with Crippen LogP contribution < -0.4 is 15.2 Å². The van der Waals surface area contributed by atoms with Gasteiger partial charge in [0, 0.05) is 23.4 Å². The van der Waals surface area contributed by atoms with Crippen molar-refractivity contribution in [2.75, 3.05) is 18.5 Å². The number of carbonyl (C=O) groups excluding carboxylic acids is 2. The lowest BCUT2D eigenvalue weighted by atomic mass is 10.1. The SMILES string of the molecule is O=C([O-])c1ccccc1C(=O)Nc1ccc(OC[C@@H]2CCCO2)cc1. The van der Waals surface area contributed by atoms with E-state index in [9.17, 15) is 14.7 Å². The maximum Gasteiger partial charge on any atom is 0.256 e. The first-order valence-electron chi connectivity index (χ1n) is 8.09. The van der Waals surface area contributed by atoms with Crippen LogP contribution in [-0.4, -0.2) is 31.2 Å². The Balaban J connectivity index is 1.61. The number of hydrogen-bond donors (Lipinski definition) is 1. The number of aromatic carboxylic acids is 1. The molecule has 1 aliphatic heterocycles. The number of rotatable bonds is 6. The highest BCUT2D eigenvalue weighted by molar-refractivity contribution is 6.10. The van der Waals surface area contributed by atoms with Crippen molar-refractivity contribution < 1.29 is 24.2 Å². The molecular weight excluding hydrogens is 322 g/mol. The summed E-state index contributed by atoms with van der Waals surface area (Å²) >= 11 is 0. The lowest BCUT2D eigenvalue weighted by molar-refractivity contribution is -0.255. The quantitative estimate of drug-likeness (QED) is 0.867. The van der Waals surface area contributed by atoms with Crippen LogP contribution in [0.25, 0.3) is 0 Å². The number of hydrogen-bond acceptors (Lipinski definition) is 5. The van der Waals surface area contributed by atoms with E-state index < -0.39 is 11.9 Å². The van der Waals surface area contributed by atoms with Gasteiger partial charge in [0.1, 0.15) is 12.4 Å². The molecule has 1 aliphatic rings. The molecule has 0 aromatic heterocycles. The van der Waals surface area contributed by atoms with Crippen LogP contribution in [0, 0.1) is 0 Å². The zero-order valence-electron chi connectivity index (χ0n) is 13.6. The van der Waals surface area contributed by atoms with Gasteiger partial charge in [0.05, 0.1) is 12.1 Å². The van der Waals surface area contributed by atoms with Crippen molar-refractivity contribution in [3.63, 3.8) is 0 Å². The number of carboxylic acid groups (broad SMARTS) is 1. The molecule has 6 nitrogen and oxygen atoms in total. The lowest BCUT2D eigenvalue weighted by Gasteiger charge is -2.13. The van der Waals surface area contributed by atoms with Crippen LogP contribution in [0.15, 0.2) is 48.5 Å². The van der Waals surface area contributed by atoms with Crippen molar-refractivity contribution in [2.24, 2.45) is 0 Å². The molecule has 0 saturated carbocycles. The number of carboxylic acids is 1. The third kappa shape index (κ3) is 4.36. The van der Waals surface area contributed by atoms with Gasteiger partial charge in [-0.05, 0) is 43.2 Å². The Kier molecular flexibility index (Phi) is 5.30. The highest BCUT2D eigenvalue weighted by Gasteiger charge is 2.16. The van der Waals surface area contributed by atoms with Gasteiger partial charge in [-0.25, -0.2) is 0 Å². The minimum atomic E-state index is -1.39. The second-order valence-corrected chi connectivity index (χ2v) is 5.76. The van der Waals surface area contributed by atoms with Crippen molar-refractivity contribution in [2.45, 2.75) is 18.9 Å². The molecule has 25 heavy (non-hydrogen) atoms. The van der Waals surface area contributed by atoms with Crippen LogP contribution in [0.4, 0.5) is 5.69 Å². The fourth-order valence-electron chi connectivity index (χ4n) is 2.66. The predicted molar refractivity (Wildman–Crippen MR) is 89.6 cm³/mol. The molecule has 1 amide bonds. The molecule has 1 N–H and O–H groups in total. The second-order valence-electron chi connectivity index (χ2n) is 5.76. The summed E-state index contributed by atoms with van der Waals surface area (Å²) in [6, 6.07) is 12.8. The summed E-state index contributed by atoms with van der Waals surface area (Å²) in [7, 11) is 0. The van der Waals surface area contributed by atoms with E-state index in [4.69, 9.17) is 9.47 Å². The average molecular weight is 340 g/mol. The molecular formula is C19H18NO5-. The fourth-order valence-corrected chi connectivity index (χ4v) is 2.66. The van der Waals surface area contributed by atoms with Crippen LogP contribution in [0.2, 0.25) is 0 Å². The van der Waals surface area contributed by atoms with E-state index >= 15 is 0 Å². The van der Waals surface area contributed by atoms with E-state index in [1.807, 2.05) is 0 Å². The summed E-state index contributed by atoms with van der Waals surface area (Å²) in [6.07, 6.45) is 2.21. The number of ether oxygens (including phenoxy) is 2.